The van der Waals surface area contributed by atoms with Crippen LogP contribution in [-0.4, -0.2) is 16.6 Å². The van der Waals surface area contributed by atoms with E-state index in [0.29, 0.717) is 19.4 Å². The molecule has 100 valence electrons. The molecule has 0 aliphatic rings. The van der Waals surface area contributed by atoms with Crippen molar-refractivity contribution in [1.29, 1.82) is 0 Å². The van der Waals surface area contributed by atoms with Gasteiger partial charge in [0.25, 0.3) is 0 Å². The van der Waals surface area contributed by atoms with Crippen molar-refractivity contribution in [2.75, 3.05) is 0 Å². The van der Waals surface area contributed by atoms with Crippen LogP contribution in [0.2, 0.25) is 0 Å². The van der Waals surface area contributed by atoms with Gasteiger partial charge < -0.3 is 5.11 Å². The summed E-state index contributed by atoms with van der Waals surface area (Å²) in [6, 6.07) is 6.15. The molecular weight excluding hydrogens is 226 g/mol. The Balaban J connectivity index is 2.89. The number of carboxylic acids is 1. The molecule has 0 amide bonds. The van der Waals surface area contributed by atoms with Crippen molar-refractivity contribution in [2.45, 2.75) is 52.6 Å². The Morgan fingerprint density at radius 3 is 2.11 bits per heavy atom. The molecule has 0 heterocycles. The summed E-state index contributed by atoms with van der Waals surface area (Å²) in [5.41, 5.74) is 2.79. The zero-order valence-corrected chi connectivity index (χ0v) is 11.7. The van der Waals surface area contributed by atoms with E-state index in [9.17, 15) is 9.90 Å². The first-order valence-electron chi connectivity index (χ1n) is 6.50. The lowest BCUT2D eigenvalue weighted by atomic mass is 9.92. The number of carbonyl (C=O) groups is 1. The minimum Gasteiger partial charge on any atom is -0.480 e. The molecule has 0 aliphatic carbocycles. The van der Waals surface area contributed by atoms with Gasteiger partial charge in [-0.15, -0.1) is 0 Å². The van der Waals surface area contributed by atoms with E-state index in [4.69, 9.17) is 0 Å². The summed E-state index contributed by atoms with van der Waals surface area (Å²) in [4.78, 5) is 11.4. The summed E-state index contributed by atoms with van der Waals surface area (Å²) < 4.78 is 0. The first-order valence-corrected chi connectivity index (χ1v) is 6.50. The van der Waals surface area contributed by atoms with Crippen LogP contribution >= 0.6 is 0 Å². The molecule has 1 rings (SSSR count). The fourth-order valence-electron chi connectivity index (χ4n) is 2.26. The van der Waals surface area contributed by atoms with Crippen molar-refractivity contribution in [1.82, 2.24) is 5.32 Å². The molecule has 1 aromatic rings. The molecule has 18 heavy (non-hydrogen) atoms. The van der Waals surface area contributed by atoms with Gasteiger partial charge in [-0.2, -0.15) is 0 Å². The van der Waals surface area contributed by atoms with E-state index in [1.807, 2.05) is 19.9 Å². The van der Waals surface area contributed by atoms with Crippen molar-refractivity contribution < 1.29 is 9.90 Å². The molecule has 0 unspecified atom stereocenters. The maximum Gasteiger partial charge on any atom is 0.323 e. The van der Waals surface area contributed by atoms with Crippen molar-refractivity contribution in [2.24, 2.45) is 0 Å². The van der Waals surface area contributed by atoms with Crippen LogP contribution in [0.5, 0.6) is 0 Å². The highest BCUT2D eigenvalue weighted by Gasteiger charge is 2.34. The topological polar surface area (TPSA) is 49.3 Å². The van der Waals surface area contributed by atoms with Gasteiger partial charge in [0.1, 0.15) is 5.54 Å². The number of hydrogen-bond donors (Lipinski definition) is 2. The fourth-order valence-corrected chi connectivity index (χ4v) is 2.26. The predicted octanol–water partition coefficient (Wildman–Crippen LogP) is 3.04. The van der Waals surface area contributed by atoms with Gasteiger partial charge >= 0.3 is 5.97 Å². The second kappa shape index (κ2) is 6.01. The molecule has 0 aromatic heterocycles. The quantitative estimate of drug-likeness (QED) is 0.814. The Morgan fingerprint density at radius 1 is 1.22 bits per heavy atom. The van der Waals surface area contributed by atoms with Gasteiger partial charge in [0.05, 0.1) is 0 Å². The summed E-state index contributed by atoms with van der Waals surface area (Å²) in [6.07, 6.45) is 1.17. The van der Waals surface area contributed by atoms with E-state index in [0.717, 1.165) is 0 Å². The summed E-state index contributed by atoms with van der Waals surface area (Å²) in [5, 5.41) is 12.6. The Labute approximate surface area is 109 Å². The number of carboxylic acid groups (broad SMARTS) is 1. The lowest BCUT2D eigenvalue weighted by molar-refractivity contribution is -0.145. The minimum absolute atomic E-state index is 0.587. The molecule has 0 aliphatic heterocycles. The largest absolute Gasteiger partial charge is 0.480 e. The first kappa shape index (κ1) is 14.7. The third-order valence-corrected chi connectivity index (χ3v) is 3.86. The molecule has 0 saturated carbocycles. The Morgan fingerprint density at radius 2 is 1.72 bits per heavy atom. The predicted molar refractivity (Wildman–Crippen MR) is 73.7 cm³/mol. The highest BCUT2D eigenvalue weighted by atomic mass is 16.4. The number of rotatable bonds is 6. The zero-order chi connectivity index (χ0) is 13.8. The van der Waals surface area contributed by atoms with Gasteiger partial charge in [0.15, 0.2) is 0 Å². The maximum atomic E-state index is 11.4. The third-order valence-electron chi connectivity index (χ3n) is 3.86. The molecule has 0 fully saturated rings. The van der Waals surface area contributed by atoms with Crippen LogP contribution in [0.3, 0.4) is 0 Å². The van der Waals surface area contributed by atoms with E-state index < -0.39 is 11.5 Å². The monoisotopic (exact) mass is 249 g/mol. The van der Waals surface area contributed by atoms with Crippen LogP contribution in [0.1, 0.15) is 43.4 Å². The standard InChI is InChI=1S/C15H23NO2/c1-5-15(6-2,14(17)18)16-10-13-11(3)8-7-9-12(13)4/h7-9,16H,5-6,10H2,1-4H3,(H,17,18). The summed E-state index contributed by atoms with van der Waals surface area (Å²) >= 11 is 0. The van der Waals surface area contributed by atoms with Crippen LogP contribution in [0.25, 0.3) is 0 Å². The molecule has 3 nitrogen and oxygen atoms in total. The van der Waals surface area contributed by atoms with Gasteiger partial charge in [-0.3, -0.25) is 10.1 Å². The Hall–Kier alpha value is -1.35. The SMILES string of the molecule is CCC(CC)(NCc1c(C)cccc1C)C(=O)O. The van der Waals surface area contributed by atoms with Gasteiger partial charge in [0, 0.05) is 6.54 Å². The molecular formula is C15H23NO2. The van der Waals surface area contributed by atoms with Crippen molar-refractivity contribution in [3.8, 4) is 0 Å². The van der Waals surface area contributed by atoms with E-state index >= 15 is 0 Å². The molecule has 1 aromatic carbocycles. The molecule has 0 saturated heterocycles. The van der Waals surface area contributed by atoms with Crippen LogP contribution in [0.4, 0.5) is 0 Å². The third kappa shape index (κ3) is 2.91. The molecule has 0 bridgehead atoms. The van der Waals surface area contributed by atoms with E-state index in [2.05, 4.69) is 31.3 Å². The van der Waals surface area contributed by atoms with Crippen LogP contribution in [-0.2, 0) is 11.3 Å². The normalized spacial score (nSPS) is 11.6. The van der Waals surface area contributed by atoms with Crippen LogP contribution < -0.4 is 5.32 Å². The lowest BCUT2D eigenvalue weighted by Gasteiger charge is -2.29. The summed E-state index contributed by atoms with van der Waals surface area (Å²) in [6.45, 7) is 8.55. The number of nitrogens with one attached hydrogen (secondary N) is 1. The van der Waals surface area contributed by atoms with Crippen molar-refractivity contribution in [3.05, 3.63) is 34.9 Å². The fraction of sp³-hybridized carbons (Fsp3) is 0.533. The van der Waals surface area contributed by atoms with E-state index in [1.54, 1.807) is 0 Å². The molecule has 0 radical (unpaired) electrons. The second-order valence-corrected chi connectivity index (χ2v) is 4.82. The Kier molecular flexibility index (Phi) is 4.91. The minimum atomic E-state index is -0.811. The van der Waals surface area contributed by atoms with Crippen molar-refractivity contribution in [3.63, 3.8) is 0 Å². The van der Waals surface area contributed by atoms with Gasteiger partial charge in [-0.05, 0) is 43.4 Å². The van der Waals surface area contributed by atoms with Gasteiger partial charge in [0.2, 0.25) is 0 Å². The second-order valence-electron chi connectivity index (χ2n) is 4.82. The average Bonchev–Trinajstić information content (AvgIpc) is 2.33. The number of aryl methyl sites for hydroxylation is 2. The van der Waals surface area contributed by atoms with E-state index in [1.165, 1.54) is 16.7 Å². The highest BCUT2D eigenvalue weighted by Crippen LogP contribution is 2.19. The lowest BCUT2D eigenvalue weighted by Crippen LogP contribution is -2.50. The maximum absolute atomic E-state index is 11.4. The number of benzene rings is 1. The first-order chi connectivity index (χ1) is 8.46. The summed E-state index contributed by atoms with van der Waals surface area (Å²) in [5.74, 6) is -0.765. The van der Waals surface area contributed by atoms with Gasteiger partial charge in [-0.1, -0.05) is 32.0 Å². The molecule has 2 N–H and O–H groups in total. The van der Waals surface area contributed by atoms with E-state index in [-0.39, 0.29) is 0 Å². The summed E-state index contributed by atoms with van der Waals surface area (Å²) in [7, 11) is 0. The van der Waals surface area contributed by atoms with Crippen LogP contribution in [0.15, 0.2) is 18.2 Å². The van der Waals surface area contributed by atoms with Crippen molar-refractivity contribution >= 4 is 5.97 Å². The zero-order valence-electron chi connectivity index (χ0n) is 11.7. The van der Waals surface area contributed by atoms with Gasteiger partial charge in [-0.25, -0.2) is 0 Å². The smallest absolute Gasteiger partial charge is 0.323 e. The highest BCUT2D eigenvalue weighted by molar-refractivity contribution is 5.78. The Bertz CT molecular complexity index is 402. The van der Waals surface area contributed by atoms with Crippen LogP contribution in [0, 0.1) is 13.8 Å². The molecule has 3 heteroatoms. The molecule has 0 spiro atoms. The number of hydrogen-bond acceptors (Lipinski definition) is 2. The number of aliphatic carboxylic acids is 1. The molecule has 0 atom stereocenters. The average molecular weight is 249 g/mol.